The van der Waals surface area contributed by atoms with Gasteiger partial charge in [0.05, 0.1) is 25.8 Å². The number of rotatable bonds is 6. The van der Waals surface area contributed by atoms with E-state index in [9.17, 15) is 4.79 Å². The van der Waals surface area contributed by atoms with Crippen LogP contribution in [0.4, 0.5) is 5.69 Å². The Balaban J connectivity index is 1.66. The lowest BCUT2D eigenvalue weighted by Crippen LogP contribution is -2.24. The van der Waals surface area contributed by atoms with E-state index >= 15 is 0 Å². The Morgan fingerprint density at radius 3 is 3.05 bits per heavy atom. The molecule has 0 aliphatic rings. The Labute approximate surface area is 110 Å². The quantitative estimate of drug-likeness (QED) is 0.766. The van der Waals surface area contributed by atoms with Crippen LogP contribution in [0.15, 0.2) is 41.1 Å². The maximum absolute atomic E-state index is 11.5. The Hall–Kier alpha value is -2.50. The normalized spacial score (nSPS) is 10.1. The van der Waals surface area contributed by atoms with Gasteiger partial charge in [-0.25, -0.2) is 0 Å². The minimum Gasteiger partial charge on any atom is -0.493 e. The minimum absolute atomic E-state index is 0.111. The van der Waals surface area contributed by atoms with E-state index in [0.29, 0.717) is 30.3 Å². The summed E-state index contributed by atoms with van der Waals surface area (Å²) < 4.78 is 10.3. The number of ether oxygens (including phenoxy) is 1. The van der Waals surface area contributed by atoms with Gasteiger partial charge in [-0.2, -0.15) is 0 Å². The van der Waals surface area contributed by atoms with E-state index in [1.54, 1.807) is 30.3 Å². The van der Waals surface area contributed by atoms with Crippen molar-refractivity contribution >= 4 is 11.6 Å². The number of hydrogen-bond donors (Lipinski definition) is 2. The number of nitrogens with zero attached hydrogens (tertiary/aromatic N) is 1. The number of hydrogen-bond acceptors (Lipinski definition) is 5. The highest BCUT2D eigenvalue weighted by molar-refractivity contribution is 5.75. The van der Waals surface area contributed by atoms with Gasteiger partial charge in [0.2, 0.25) is 5.91 Å². The van der Waals surface area contributed by atoms with Gasteiger partial charge in [0, 0.05) is 17.8 Å². The molecule has 6 nitrogen and oxygen atoms in total. The summed E-state index contributed by atoms with van der Waals surface area (Å²) in [6.45, 7) is 0.628. The van der Waals surface area contributed by atoms with Crippen molar-refractivity contribution in [1.82, 2.24) is 10.5 Å². The van der Waals surface area contributed by atoms with Gasteiger partial charge >= 0.3 is 0 Å². The molecular weight excluding hydrogens is 246 g/mol. The fourth-order valence-electron chi connectivity index (χ4n) is 1.47. The number of carbonyl (C=O) groups excluding carboxylic acids is 1. The van der Waals surface area contributed by atoms with Crippen LogP contribution in [0.1, 0.15) is 12.2 Å². The molecule has 0 radical (unpaired) electrons. The van der Waals surface area contributed by atoms with Gasteiger partial charge in [-0.15, -0.1) is 0 Å². The summed E-state index contributed by atoms with van der Waals surface area (Å²) in [7, 11) is 0. The molecule has 0 unspecified atom stereocenters. The number of nitrogens with two attached hydrogens (primary N) is 1. The second-order valence-corrected chi connectivity index (χ2v) is 3.93. The fraction of sp³-hybridized carbons (Fsp3) is 0.231. The van der Waals surface area contributed by atoms with Gasteiger partial charge in [0.15, 0.2) is 5.76 Å². The van der Waals surface area contributed by atoms with Crippen molar-refractivity contribution in [3.8, 4) is 5.75 Å². The van der Waals surface area contributed by atoms with Crippen LogP contribution in [-0.4, -0.2) is 17.7 Å². The molecule has 0 saturated carbocycles. The van der Waals surface area contributed by atoms with Gasteiger partial charge in [0.1, 0.15) is 5.75 Å². The van der Waals surface area contributed by atoms with Crippen molar-refractivity contribution in [3.05, 3.63) is 42.3 Å². The third kappa shape index (κ3) is 4.34. The van der Waals surface area contributed by atoms with Crippen LogP contribution in [0.5, 0.6) is 5.75 Å². The van der Waals surface area contributed by atoms with Crippen LogP contribution < -0.4 is 15.8 Å². The van der Waals surface area contributed by atoms with E-state index < -0.39 is 0 Å². The molecule has 0 fully saturated rings. The summed E-state index contributed by atoms with van der Waals surface area (Å²) in [6.07, 6.45) is 1.80. The molecule has 0 spiro atoms. The highest BCUT2D eigenvalue weighted by Gasteiger charge is 2.04. The minimum atomic E-state index is -0.111. The lowest BCUT2D eigenvalue weighted by molar-refractivity contribution is -0.121. The third-order valence-corrected chi connectivity index (χ3v) is 2.41. The monoisotopic (exact) mass is 261 g/mol. The third-order valence-electron chi connectivity index (χ3n) is 2.41. The van der Waals surface area contributed by atoms with E-state index in [1.807, 2.05) is 0 Å². The maximum atomic E-state index is 11.5. The number of carbonyl (C=O) groups is 1. The predicted molar refractivity (Wildman–Crippen MR) is 69.3 cm³/mol. The Kier molecular flexibility index (Phi) is 4.39. The molecule has 2 rings (SSSR count). The molecule has 0 aliphatic carbocycles. The molecule has 0 atom stereocenters. The maximum Gasteiger partial charge on any atom is 0.223 e. The molecule has 6 heteroatoms. The van der Waals surface area contributed by atoms with Crippen LogP contribution in [0.2, 0.25) is 0 Å². The van der Waals surface area contributed by atoms with E-state index in [1.165, 1.54) is 6.20 Å². The van der Waals surface area contributed by atoms with Gasteiger partial charge in [-0.3, -0.25) is 4.79 Å². The first kappa shape index (κ1) is 12.9. The molecule has 1 amide bonds. The largest absolute Gasteiger partial charge is 0.493 e. The average Bonchev–Trinajstić information content (AvgIpc) is 2.89. The molecule has 2 aromatic rings. The van der Waals surface area contributed by atoms with E-state index in [2.05, 4.69) is 10.5 Å². The highest BCUT2D eigenvalue weighted by Crippen LogP contribution is 2.14. The summed E-state index contributed by atoms with van der Waals surface area (Å²) >= 11 is 0. The summed E-state index contributed by atoms with van der Waals surface area (Å²) in [5.41, 5.74) is 6.25. The van der Waals surface area contributed by atoms with Gasteiger partial charge < -0.3 is 20.3 Å². The van der Waals surface area contributed by atoms with Crippen molar-refractivity contribution < 1.29 is 14.1 Å². The number of anilines is 1. The Bertz CT molecular complexity index is 526. The van der Waals surface area contributed by atoms with Crippen LogP contribution in [0.25, 0.3) is 0 Å². The zero-order valence-electron chi connectivity index (χ0n) is 10.3. The summed E-state index contributed by atoms with van der Waals surface area (Å²) in [5, 5.41) is 6.25. The highest BCUT2D eigenvalue weighted by atomic mass is 16.5. The Morgan fingerprint density at radius 2 is 2.32 bits per heavy atom. The second-order valence-electron chi connectivity index (χ2n) is 3.93. The van der Waals surface area contributed by atoms with Gasteiger partial charge in [-0.1, -0.05) is 11.2 Å². The van der Waals surface area contributed by atoms with Crippen LogP contribution in [0.3, 0.4) is 0 Å². The van der Waals surface area contributed by atoms with Crippen molar-refractivity contribution in [2.24, 2.45) is 0 Å². The molecule has 1 aromatic heterocycles. The lowest BCUT2D eigenvalue weighted by Gasteiger charge is -2.06. The molecule has 1 aromatic carbocycles. The zero-order chi connectivity index (χ0) is 13.5. The molecule has 0 bridgehead atoms. The van der Waals surface area contributed by atoms with Crippen LogP contribution >= 0.6 is 0 Å². The van der Waals surface area contributed by atoms with E-state index in [4.69, 9.17) is 15.0 Å². The van der Waals surface area contributed by atoms with Crippen molar-refractivity contribution in [2.45, 2.75) is 13.0 Å². The standard InChI is InChI=1S/C13H15N3O3/c14-10-2-1-3-11(8-10)18-7-5-13(17)15-9-12-4-6-16-19-12/h1-4,6,8H,5,7,9,14H2,(H,15,17). The second kappa shape index (κ2) is 6.44. The summed E-state index contributed by atoms with van der Waals surface area (Å²) in [5.74, 6) is 1.16. The van der Waals surface area contributed by atoms with Crippen molar-refractivity contribution in [3.63, 3.8) is 0 Å². The number of benzene rings is 1. The molecule has 0 aliphatic heterocycles. The molecule has 0 saturated heterocycles. The molecular formula is C13H15N3O3. The van der Waals surface area contributed by atoms with Gasteiger partial charge in [0.25, 0.3) is 0 Å². The molecule has 3 N–H and O–H groups in total. The molecule has 19 heavy (non-hydrogen) atoms. The van der Waals surface area contributed by atoms with E-state index in [0.717, 1.165) is 0 Å². The number of aromatic nitrogens is 1. The van der Waals surface area contributed by atoms with Crippen molar-refractivity contribution in [2.75, 3.05) is 12.3 Å². The molecule has 1 heterocycles. The lowest BCUT2D eigenvalue weighted by atomic mass is 10.3. The van der Waals surface area contributed by atoms with E-state index in [-0.39, 0.29) is 12.3 Å². The Morgan fingerprint density at radius 1 is 1.42 bits per heavy atom. The number of amides is 1. The smallest absolute Gasteiger partial charge is 0.223 e. The van der Waals surface area contributed by atoms with Crippen LogP contribution in [0, 0.1) is 0 Å². The summed E-state index contributed by atoms with van der Waals surface area (Å²) in [4.78, 5) is 11.5. The number of nitrogens with one attached hydrogen (secondary N) is 1. The fourth-order valence-corrected chi connectivity index (χ4v) is 1.47. The first-order valence-electron chi connectivity index (χ1n) is 5.88. The topological polar surface area (TPSA) is 90.4 Å². The first-order valence-corrected chi connectivity index (χ1v) is 5.88. The predicted octanol–water partition coefficient (Wildman–Crippen LogP) is 1.34. The van der Waals surface area contributed by atoms with Crippen molar-refractivity contribution in [1.29, 1.82) is 0 Å². The van der Waals surface area contributed by atoms with Gasteiger partial charge in [-0.05, 0) is 12.1 Å². The zero-order valence-corrected chi connectivity index (χ0v) is 10.3. The summed E-state index contributed by atoms with van der Waals surface area (Å²) in [6, 6.07) is 8.78. The molecule has 100 valence electrons. The number of nitrogen functional groups attached to an aromatic ring is 1. The average molecular weight is 261 g/mol. The van der Waals surface area contributed by atoms with Crippen LogP contribution in [-0.2, 0) is 11.3 Å². The first-order chi connectivity index (χ1) is 9.24. The SMILES string of the molecule is Nc1cccc(OCCC(=O)NCc2ccno2)c1.